The molecule has 1 N–H and O–H groups in total. The zero-order chi connectivity index (χ0) is 19.6. The highest BCUT2D eigenvalue weighted by Crippen LogP contribution is 2.29. The number of carbonyl (C=O) groups is 1. The zero-order valence-corrected chi connectivity index (χ0v) is 16.1. The maximum absolute atomic E-state index is 12.2. The summed E-state index contributed by atoms with van der Waals surface area (Å²) >= 11 is 0. The van der Waals surface area contributed by atoms with Crippen molar-refractivity contribution in [3.63, 3.8) is 0 Å². The molecule has 0 aliphatic heterocycles. The quantitative estimate of drug-likeness (QED) is 0.595. The van der Waals surface area contributed by atoms with Gasteiger partial charge in [-0.15, -0.1) is 0 Å². The molecule has 0 atom stereocenters. The summed E-state index contributed by atoms with van der Waals surface area (Å²) in [6.45, 7) is 1.40. The van der Waals surface area contributed by atoms with E-state index in [1.165, 1.54) is 0 Å². The minimum Gasteiger partial charge on any atom is -0.492 e. The van der Waals surface area contributed by atoms with E-state index in [0.717, 1.165) is 28.0 Å². The number of ether oxygens (including phenoxy) is 2. The highest BCUT2D eigenvalue weighted by Gasteiger charge is 2.07. The predicted molar refractivity (Wildman–Crippen MR) is 111 cm³/mol. The maximum Gasteiger partial charge on any atom is 0.223 e. The van der Waals surface area contributed by atoms with E-state index in [1.54, 1.807) is 7.11 Å². The molecule has 0 heterocycles. The van der Waals surface area contributed by atoms with Crippen molar-refractivity contribution < 1.29 is 14.3 Å². The molecule has 3 aromatic carbocycles. The monoisotopic (exact) mass is 375 g/mol. The Bertz CT molecular complexity index is 893. The molecule has 0 unspecified atom stereocenters. The third-order valence-electron chi connectivity index (χ3n) is 4.35. The van der Waals surface area contributed by atoms with Crippen LogP contribution < -0.4 is 10.1 Å². The molecule has 28 heavy (non-hydrogen) atoms. The summed E-state index contributed by atoms with van der Waals surface area (Å²) in [4.78, 5) is 12.2. The van der Waals surface area contributed by atoms with E-state index in [4.69, 9.17) is 9.47 Å². The number of carbonyl (C=O) groups excluding carboxylic acids is 1. The standard InChI is InChI=1S/C24H25NO3/c1-27-18-20-9-7-8-19(16-20)17-25-24(26)14-15-28-23-13-6-5-12-22(23)21-10-3-2-4-11-21/h2-13,16H,14-15,17-18H2,1H3,(H,25,26). The Balaban J connectivity index is 1.49. The molecule has 144 valence electrons. The minimum absolute atomic E-state index is 0.0330. The van der Waals surface area contributed by atoms with Gasteiger partial charge in [-0.1, -0.05) is 72.8 Å². The minimum atomic E-state index is -0.0330. The van der Waals surface area contributed by atoms with Gasteiger partial charge >= 0.3 is 0 Å². The molecule has 0 aliphatic carbocycles. The molecular weight excluding hydrogens is 350 g/mol. The average molecular weight is 375 g/mol. The number of benzene rings is 3. The molecule has 1 amide bonds. The molecule has 0 saturated heterocycles. The molecule has 3 aromatic rings. The molecule has 0 bridgehead atoms. The van der Waals surface area contributed by atoms with Crippen LogP contribution in [0.3, 0.4) is 0 Å². The lowest BCUT2D eigenvalue weighted by Gasteiger charge is -2.12. The van der Waals surface area contributed by atoms with Crippen LogP contribution in [0.25, 0.3) is 11.1 Å². The number of hydrogen-bond acceptors (Lipinski definition) is 3. The summed E-state index contributed by atoms with van der Waals surface area (Å²) in [5, 5.41) is 2.94. The molecule has 0 spiro atoms. The zero-order valence-electron chi connectivity index (χ0n) is 16.1. The number of methoxy groups -OCH3 is 1. The summed E-state index contributed by atoms with van der Waals surface area (Å²) in [6.07, 6.45) is 0.306. The van der Waals surface area contributed by atoms with Crippen LogP contribution >= 0.6 is 0 Å². The topological polar surface area (TPSA) is 47.6 Å². The second kappa shape index (κ2) is 10.3. The van der Waals surface area contributed by atoms with Crippen LogP contribution in [0, 0.1) is 0 Å². The third-order valence-corrected chi connectivity index (χ3v) is 4.35. The fourth-order valence-corrected chi connectivity index (χ4v) is 2.99. The second-order valence-electron chi connectivity index (χ2n) is 6.49. The van der Waals surface area contributed by atoms with Gasteiger partial charge in [0.25, 0.3) is 0 Å². The van der Waals surface area contributed by atoms with E-state index in [0.29, 0.717) is 26.2 Å². The Morgan fingerprint density at radius 1 is 0.893 bits per heavy atom. The van der Waals surface area contributed by atoms with Crippen molar-refractivity contribution in [3.8, 4) is 16.9 Å². The highest BCUT2D eigenvalue weighted by atomic mass is 16.5. The van der Waals surface area contributed by atoms with Crippen molar-refractivity contribution in [1.82, 2.24) is 5.32 Å². The van der Waals surface area contributed by atoms with Gasteiger partial charge in [-0.2, -0.15) is 0 Å². The summed E-state index contributed by atoms with van der Waals surface area (Å²) in [6, 6.07) is 26.0. The SMILES string of the molecule is COCc1cccc(CNC(=O)CCOc2ccccc2-c2ccccc2)c1. The maximum atomic E-state index is 12.2. The summed E-state index contributed by atoms with van der Waals surface area (Å²) < 4.78 is 11.0. The van der Waals surface area contributed by atoms with Gasteiger partial charge in [0.05, 0.1) is 19.6 Å². The average Bonchev–Trinajstić information content (AvgIpc) is 2.74. The van der Waals surface area contributed by atoms with Crippen molar-refractivity contribution in [2.45, 2.75) is 19.6 Å². The van der Waals surface area contributed by atoms with Crippen molar-refractivity contribution in [2.75, 3.05) is 13.7 Å². The highest BCUT2D eigenvalue weighted by molar-refractivity contribution is 5.76. The number of amides is 1. The Kier molecular flexibility index (Phi) is 7.21. The Labute approximate surface area is 166 Å². The molecule has 0 radical (unpaired) electrons. The van der Waals surface area contributed by atoms with Gasteiger partial charge in [-0.25, -0.2) is 0 Å². The van der Waals surface area contributed by atoms with E-state index in [1.807, 2.05) is 78.9 Å². The van der Waals surface area contributed by atoms with Gasteiger partial charge in [-0.05, 0) is 22.8 Å². The molecular formula is C24H25NO3. The molecule has 3 rings (SSSR count). The van der Waals surface area contributed by atoms with E-state index >= 15 is 0 Å². The molecule has 0 aliphatic rings. The van der Waals surface area contributed by atoms with Gasteiger partial charge < -0.3 is 14.8 Å². The van der Waals surface area contributed by atoms with Crippen molar-refractivity contribution in [3.05, 3.63) is 90.0 Å². The van der Waals surface area contributed by atoms with Gasteiger partial charge in [0.15, 0.2) is 0 Å². The fraction of sp³-hybridized carbons (Fsp3) is 0.208. The lowest BCUT2D eigenvalue weighted by Crippen LogP contribution is -2.24. The van der Waals surface area contributed by atoms with Gasteiger partial charge in [0.2, 0.25) is 5.91 Å². The van der Waals surface area contributed by atoms with Crippen LogP contribution in [0.5, 0.6) is 5.75 Å². The summed E-state index contributed by atoms with van der Waals surface area (Å²) in [5.74, 6) is 0.753. The summed E-state index contributed by atoms with van der Waals surface area (Å²) in [5.41, 5.74) is 4.27. The van der Waals surface area contributed by atoms with E-state index < -0.39 is 0 Å². The second-order valence-corrected chi connectivity index (χ2v) is 6.49. The van der Waals surface area contributed by atoms with Gasteiger partial charge in [-0.3, -0.25) is 4.79 Å². The van der Waals surface area contributed by atoms with Crippen LogP contribution in [0.1, 0.15) is 17.5 Å². The molecule has 4 nitrogen and oxygen atoms in total. The number of hydrogen-bond donors (Lipinski definition) is 1. The lowest BCUT2D eigenvalue weighted by molar-refractivity contribution is -0.121. The lowest BCUT2D eigenvalue weighted by atomic mass is 10.1. The first-order chi connectivity index (χ1) is 13.8. The molecule has 4 heteroatoms. The third kappa shape index (κ3) is 5.69. The van der Waals surface area contributed by atoms with Crippen LogP contribution in [-0.2, 0) is 22.7 Å². The first-order valence-corrected chi connectivity index (χ1v) is 9.37. The van der Waals surface area contributed by atoms with Crippen LogP contribution in [0.2, 0.25) is 0 Å². The fourth-order valence-electron chi connectivity index (χ4n) is 2.99. The van der Waals surface area contributed by atoms with E-state index in [-0.39, 0.29) is 5.91 Å². The number of para-hydroxylation sites is 1. The van der Waals surface area contributed by atoms with Crippen molar-refractivity contribution >= 4 is 5.91 Å². The van der Waals surface area contributed by atoms with Gasteiger partial charge in [0, 0.05) is 19.2 Å². The molecule has 0 aromatic heterocycles. The van der Waals surface area contributed by atoms with E-state index in [2.05, 4.69) is 5.32 Å². The Morgan fingerprint density at radius 3 is 2.46 bits per heavy atom. The van der Waals surface area contributed by atoms with Crippen molar-refractivity contribution in [1.29, 1.82) is 0 Å². The summed E-state index contributed by atoms with van der Waals surface area (Å²) in [7, 11) is 1.67. The number of rotatable bonds is 9. The first-order valence-electron chi connectivity index (χ1n) is 9.37. The molecule has 0 fully saturated rings. The first kappa shape index (κ1) is 19.6. The normalized spacial score (nSPS) is 10.5. The smallest absolute Gasteiger partial charge is 0.223 e. The largest absolute Gasteiger partial charge is 0.492 e. The van der Waals surface area contributed by atoms with Gasteiger partial charge in [0.1, 0.15) is 5.75 Å². The van der Waals surface area contributed by atoms with Crippen LogP contribution in [0.15, 0.2) is 78.9 Å². The van der Waals surface area contributed by atoms with Crippen LogP contribution in [0.4, 0.5) is 0 Å². The Morgan fingerprint density at radius 2 is 1.64 bits per heavy atom. The predicted octanol–water partition coefficient (Wildman–Crippen LogP) is 4.59. The number of nitrogens with one attached hydrogen (secondary N) is 1. The molecule has 0 saturated carbocycles. The van der Waals surface area contributed by atoms with Crippen LogP contribution in [-0.4, -0.2) is 19.6 Å². The van der Waals surface area contributed by atoms with E-state index in [9.17, 15) is 4.79 Å². The Hall–Kier alpha value is -3.11. The van der Waals surface area contributed by atoms with Crippen molar-refractivity contribution in [2.24, 2.45) is 0 Å².